The summed E-state index contributed by atoms with van der Waals surface area (Å²) in [5.41, 5.74) is 3.79. The van der Waals surface area contributed by atoms with Gasteiger partial charge in [0.15, 0.2) is 5.78 Å². The molecule has 1 aromatic rings. The Morgan fingerprint density at radius 3 is 2.42 bits per heavy atom. The molecule has 0 N–H and O–H groups in total. The van der Waals surface area contributed by atoms with E-state index in [9.17, 15) is 4.79 Å². The van der Waals surface area contributed by atoms with Crippen LogP contribution in [0, 0.1) is 0 Å². The van der Waals surface area contributed by atoms with Gasteiger partial charge in [0.2, 0.25) is 0 Å². The fourth-order valence-corrected chi connectivity index (χ4v) is 1.69. The zero-order valence-corrected chi connectivity index (χ0v) is 7.99. The normalized spacial score (nSPS) is 9.17. The summed E-state index contributed by atoms with van der Waals surface area (Å²) in [4.78, 5) is 12.8. The van der Waals surface area contributed by atoms with Crippen molar-refractivity contribution in [3.05, 3.63) is 34.2 Å². The van der Waals surface area contributed by atoms with Crippen LogP contribution in [-0.2, 0) is 0 Å². The second-order valence-electron chi connectivity index (χ2n) is 2.52. The van der Waals surface area contributed by atoms with Crippen molar-refractivity contribution in [1.29, 1.82) is 0 Å². The zero-order valence-electron chi connectivity index (χ0n) is 7.18. The Morgan fingerprint density at radius 1 is 1.42 bits per heavy atom. The highest BCUT2D eigenvalue weighted by Gasteiger charge is 2.04. The first-order chi connectivity index (χ1) is 5.65. The van der Waals surface area contributed by atoms with Crippen molar-refractivity contribution < 1.29 is 4.79 Å². The van der Waals surface area contributed by atoms with E-state index in [1.165, 1.54) is 11.3 Å². The highest BCUT2D eigenvalue weighted by atomic mass is 32.1. The van der Waals surface area contributed by atoms with E-state index >= 15 is 0 Å². The molecule has 0 fully saturated rings. The summed E-state index contributed by atoms with van der Waals surface area (Å²) < 4.78 is 0. The van der Waals surface area contributed by atoms with E-state index in [1.807, 2.05) is 19.1 Å². The summed E-state index contributed by atoms with van der Waals surface area (Å²) in [6, 6.07) is 3.76. The maximum atomic E-state index is 10.9. The lowest BCUT2D eigenvalue weighted by Gasteiger charge is -1.88. The van der Waals surface area contributed by atoms with Crippen LogP contribution in [0.4, 0.5) is 0 Å². The molecule has 62 valence electrons. The van der Waals surface area contributed by atoms with Crippen LogP contribution >= 0.6 is 11.3 Å². The van der Waals surface area contributed by atoms with Gasteiger partial charge in [-0.2, -0.15) is 0 Å². The van der Waals surface area contributed by atoms with Crippen molar-refractivity contribution in [3.63, 3.8) is 0 Å². The number of hydrogen-bond donors (Lipinski definition) is 0. The molecule has 0 radical (unpaired) electrons. The lowest BCUT2D eigenvalue weighted by atomic mass is 10.2. The number of carbonyl (C=O) groups excluding carboxylic acids is 1. The molecule has 0 saturated carbocycles. The summed E-state index contributed by atoms with van der Waals surface area (Å²) in [7, 11) is 0. The topological polar surface area (TPSA) is 17.1 Å². The lowest BCUT2D eigenvalue weighted by Crippen LogP contribution is -1.83. The molecule has 12 heavy (non-hydrogen) atoms. The molecule has 1 heterocycles. The minimum Gasteiger partial charge on any atom is -0.294 e. The monoisotopic (exact) mass is 178 g/mol. The third kappa shape index (κ3) is 1.73. The third-order valence-electron chi connectivity index (χ3n) is 1.59. The van der Waals surface area contributed by atoms with Crippen molar-refractivity contribution in [1.82, 2.24) is 0 Å². The first-order valence-corrected chi connectivity index (χ1v) is 4.44. The summed E-state index contributed by atoms with van der Waals surface area (Å²) in [6.07, 6.45) is 0. The summed E-state index contributed by atoms with van der Waals surface area (Å²) >= 11 is 1.48. The van der Waals surface area contributed by atoms with Gasteiger partial charge in [0.05, 0.1) is 4.88 Å². The number of hydrogen-bond acceptors (Lipinski definition) is 2. The van der Waals surface area contributed by atoms with E-state index in [4.69, 9.17) is 0 Å². The van der Waals surface area contributed by atoms with Gasteiger partial charge in [0, 0.05) is 10.5 Å². The van der Waals surface area contributed by atoms with Crippen LogP contribution in [0.15, 0.2) is 24.4 Å². The van der Waals surface area contributed by atoms with Crippen LogP contribution in [-0.4, -0.2) is 5.78 Å². The number of thiophene rings is 1. The van der Waals surface area contributed by atoms with Crippen LogP contribution in [0.2, 0.25) is 0 Å². The first kappa shape index (κ1) is 8.98. The molecule has 0 aliphatic rings. The van der Waals surface area contributed by atoms with Crippen molar-refractivity contribution >= 4 is 22.7 Å². The van der Waals surface area contributed by atoms with Gasteiger partial charge in [-0.15, -0.1) is 17.1 Å². The number of ketones is 1. The number of Topliss-reactive ketones (excluding diaryl/α,β-unsaturated/α-hetero) is 1. The van der Waals surface area contributed by atoms with Gasteiger partial charge in [-0.05, 0) is 26.0 Å². The SMILES string of the molecule is C=C=C(C)c1ccc(C(C)=O)s1. The van der Waals surface area contributed by atoms with E-state index < -0.39 is 0 Å². The second kappa shape index (κ2) is 3.53. The van der Waals surface area contributed by atoms with E-state index in [2.05, 4.69) is 12.3 Å². The highest BCUT2D eigenvalue weighted by Crippen LogP contribution is 2.23. The lowest BCUT2D eigenvalue weighted by molar-refractivity contribution is 0.102. The maximum Gasteiger partial charge on any atom is 0.169 e. The third-order valence-corrected chi connectivity index (χ3v) is 2.89. The minimum absolute atomic E-state index is 0.114. The summed E-state index contributed by atoms with van der Waals surface area (Å²) in [5.74, 6) is 0.114. The maximum absolute atomic E-state index is 10.9. The molecular formula is C10H10OS. The largest absolute Gasteiger partial charge is 0.294 e. The molecule has 0 unspecified atom stereocenters. The number of carbonyl (C=O) groups is 1. The summed E-state index contributed by atoms with van der Waals surface area (Å²) in [5, 5.41) is 0. The van der Waals surface area contributed by atoms with Gasteiger partial charge in [0.25, 0.3) is 0 Å². The Morgan fingerprint density at radius 2 is 2.00 bits per heavy atom. The molecule has 0 aliphatic carbocycles. The zero-order chi connectivity index (χ0) is 9.14. The predicted octanol–water partition coefficient (Wildman–Crippen LogP) is 3.14. The number of rotatable bonds is 2. The van der Waals surface area contributed by atoms with Crippen molar-refractivity contribution in [3.8, 4) is 0 Å². The van der Waals surface area contributed by atoms with Crippen LogP contribution < -0.4 is 0 Å². The molecule has 1 rings (SSSR count). The Hall–Kier alpha value is -1.11. The molecule has 0 atom stereocenters. The molecule has 0 aromatic carbocycles. The molecule has 0 saturated heterocycles. The van der Waals surface area contributed by atoms with Crippen LogP contribution in [0.1, 0.15) is 28.4 Å². The molecule has 1 aromatic heterocycles. The Kier molecular flexibility index (Phi) is 2.64. The fraction of sp³-hybridized carbons (Fsp3) is 0.200. The van der Waals surface area contributed by atoms with Crippen LogP contribution in [0.3, 0.4) is 0 Å². The second-order valence-corrected chi connectivity index (χ2v) is 3.61. The molecule has 0 spiro atoms. The van der Waals surface area contributed by atoms with Crippen molar-refractivity contribution in [2.75, 3.05) is 0 Å². The molecule has 0 amide bonds. The standard InChI is InChI=1S/C10H10OS/c1-4-7(2)9-5-6-10(12-9)8(3)11/h5-6H,1H2,2-3H3. The van der Waals surface area contributed by atoms with Crippen molar-refractivity contribution in [2.45, 2.75) is 13.8 Å². The molecule has 1 nitrogen and oxygen atoms in total. The van der Waals surface area contributed by atoms with Crippen molar-refractivity contribution in [2.24, 2.45) is 0 Å². The van der Waals surface area contributed by atoms with Crippen LogP contribution in [0.25, 0.3) is 5.57 Å². The van der Waals surface area contributed by atoms with E-state index in [0.717, 1.165) is 15.3 Å². The molecule has 0 aliphatic heterocycles. The number of allylic oxidation sites excluding steroid dienone is 1. The van der Waals surface area contributed by atoms with E-state index in [-0.39, 0.29) is 5.78 Å². The van der Waals surface area contributed by atoms with Gasteiger partial charge in [0.1, 0.15) is 0 Å². The molecule has 2 heteroatoms. The summed E-state index contributed by atoms with van der Waals surface area (Å²) in [6.45, 7) is 7.06. The highest BCUT2D eigenvalue weighted by molar-refractivity contribution is 7.15. The van der Waals surface area contributed by atoms with Gasteiger partial charge in [-0.1, -0.05) is 6.58 Å². The molecule has 0 bridgehead atoms. The molecular weight excluding hydrogens is 168 g/mol. The first-order valence-electron chi connectivity index (χ1n) is 3.63. The average Bonchev–Trinajstić information content (AvgIpc) is 2.51. The average molecular weight is 178 g/mol. The fourth-order valence-electron chi connectivity index (χ4n) is 0.816. The Balaban J connectivity index is 3.07. The predicted molar refractivity (Wildman–Crippen MR) is 52.5 cm³/mol. The smallest absolute Gasteiger partial charge is 0.169 e. The minimum atomic E-state index is 0.114. The van der Waals surface area contributed by atoms with E-state index in [1.54, 1.807) is 6.92 Å². The van der Waals surface area contributed by atoms with Gasteiger partial charge < -0.3 is 0 Å². The van der Waals surface area contributed by atoms with E-state index in [0.29, 0.717) is 0 Å². The Bertz CT molecular complexity index is 354. The van der Waals surface area contributed by atoms with Crippen LogP contribution in [0.5, 0.6) is 0 Å². The van der Waals surface area contributed by atoms with Gasteiger partial charge >= 0.3 is 0 Å². The van der Waals surface area contributed by atoms with Gasteiger partial charge in [-0.3, -0.25) is 4.79 Å². The Labute approximate surface area is 76.0 Å². The quantitative estimate of drug-likeness (QED) is 0.502. The van der Waals surface area contributed by atoms with Gasteiger partial charge in [-0.25, -0.2) is 0 Å².